The van der Waals surface area contributed by atoms with Gasteiger partial charge >= 0.3 is 0 Å². The van der Waals surface area contributed by atoms with Gasteiger partial charge in [0.05, 0.1) is 5.71 Å². The molecule has 0 aromatic heterocycles. The Bertz CT molecular complexity index is 639. The quantitative estimate of drug-likeness (QED) is 0.886. The number of halogens is 1. The van der Waals surface area contributed by atoms with E-state index in [0.717, 1.165) is 31.5 Å². The number of amides is 2. The molecule has 2 heterocycles. The zero-order chi connectivity index (χ0) is 16.9. The highest BCUT2D eigenvalue weighted by Crippen LogP contribution is 2.17. The number of nitrogens with one attached hydrogen (secondary N) is 1. The second-order valence-electron chi connectivity index (χ2n) is 5.97. The van der Waals surface area contributed by atoms with Crippen LogP contribution in [-0.4, -0.2) is 48.2 Å². The van der Waals surface area contributed by atoms with Gasteiger partial charge in [0.2, 0.25) is 12.0 Å². The minimum absolute atomic E-state index is 0.0726. The number of carbonyl (C=O) groups excluding carboxylic acids is 2. The molecule has 0 radical (unpaired) electrons. The summed E-state index contributed by atoms with van der Waals surface area (Å²) in [6.45, 7) is 1.92. The average molecular weight is 333 g/mol. The summed E-state index contributed by atoms with van der Waals surface area (Å²) >= 11 is 0. The molecule has 1 atom stereocenters. The van der Waals surface area contributed by atoms with Crippen molar-refractivity contribution in [3.8, 4) is 0 Å². The van der Waals surface area contributed by atoms with Crippen LogP contribution < -0.4 is 5.32 Å². The first kappa shape index (κ1) is 16.4. The molecule has 0 aliphatic carbocycles. The summed E-state index contributed by atoms with van der Waals surface area (Å²) in [5.41, 5.74) is 1.35. The van der Waals surface area contributed by atoms with E-state index in [1.807, 2.05) is 4.90 Å². The lowest BCUT2D eigenvalue weighted by molar-refractivity contribution is -0.132. The van der Waals surface area contributed by atoms with Crippen LogP contribution in [0.15, 0.2) is 29.4 Å². The number of oxime groups is 1. The van der Waals surface area contributed by atoms with Crippen molar-refractivity contribution in [2.24, 2.45) is 5.16 Å². The Hall–Kier alpha value is -2.44. The van der Waals surface area contributed by atoms with Gasteiger partial charge in [-0.05, 0) is 30.5 Å². The molecule has 3 rings (SSSR count). The van der Waals surface area contributed by atoms with E-state index in [1.165, 1.54) is 12.1 Å². The third-order valence-electron chi connectivity index (χ3n) is 4.24. The van der Waals surface area contributed by atoms with Gasteiger partial charge in [-0.3, -0.25) is 9.59 Å². The van der Waals surface area contributed by atoms with E-state index in [-0.39, 0.29) is 17.6 Å². The van der Waals surface area contributed by atoms with Gasteiger partial charge in [-0.15, -0.1) is 0 Å². The summed E-state index contributed by atoms with van der Waals surface area (Å²) in [6.07, 6.45) is 2.03. The van der Waals surface area contributed by atoms with Crippen molar-refractivity contribution >= 4 is 17.5 Å². The fourth-order valence-corrected chi connectivity index (χ4v) is 2.86. The van der Waals surface area contributed by atoms with Gasteiger partial charge < -0.3 is 15.1 Å². The maximum atomic E-state index is 12.9. The topological polar surface area (TPSA) is 71.0 Å². The first-order chi connectivity index (χ1) is 11.6. The molecule has 1 saturated heterocycles. The van der Waals surface area contributed by atoms with Crippen LogP contribution in [0.2, 0.25) is 0 Å². The lowest BCUT2D eigenvalue weighted by atomic mass is 10.0. The van der Waals surface area contributed by atoms with Crippen LogP contribution in [-0.2, 0) is 14.4 Å². The summed E-state index contributed by atoms with van der Waals surface area (Å²) in [5.74, 6) is -0.538. The molecule has 7 heteroatoms. The van der Waals surface area contributed by atoms with E-state index in [1.54, 1.807) is 12.1 Å². The molecular formula is C17H20FN3O3. The smallest absolute Gasteiger partial charge is 0.264 e. The fourth-order valence-electron chi connectivity index (χ4n) is 2.86. The number of hydrogen-bond donors (Lipinski definition) is 1. The van der Waals surface area contributed by atoms with Crippen LogP contribution in [0.4, 0.5) is 4.39 Å². The van der Waals surface area contributed by atoms with Crippen LogP contribution in [0.25, 0.3) is 0 Å². The van der Waals surface area contributed by atoms with Gasteiger partial charge in [-0.25, -0.2) is 4.39 Å². The maximum Gasteiger partial charge on any atom is 0.264 e. The zero-order valence-corrected chi connectivity index (χ0v) is 13.3. The molecule has 128 valence electrons. The van der Waals surface area contributed by atoms with Crippen molar-refractivity contribution in [3.63, 3.8) is 0 Å². The van der Waals surface area contributed by atoms with Gasteiger partial charge in [-0.2, -0.15) is 0 Å². The highest BCUT2D eigenvalue weighted by molar-refractivity contribution is 6.04. The van der Waals surface area contributed by atoms with Crippen LogP contribution >= 0.6 is 0 Å². The molecule has 2 aliphatic rings. The highest BCUT2D eigenvalue weighted by atomic mass is 19.1. The summed E-state index contributed by atoms with van der Waals surface area (Å²) < 4.78 is 12.9. The van der Waals surface area contributed by atoms with Crippen molar-refractivity contribution in [1.82, 2.24) is 10.2 Å². The van der Waals surface area contributed by atoms with Crippen molar-refractivity contribution in [2.45, 2.75) is 31.8 Å². The number of likely N-dealkylation sites (tertiary alicyclic amines) is 1. The summed E-state index contributed by atoms with van der Waals surface area (Å²) in [6, 6.07) is 5.89. The Kier molecular flexibility index (Phi) is 5.08. The standard InChI is InChI=1S/C17H20FN3O3/c18-13-5-3-12(4-6-13)14-11-15(24-20-14)17(23)19-8-7-16(22)21-9-1-2-10-21/h3-6,15H,1-2,7-11H2,(H,19,23)/t15-/m1/s1. The van der Waals surface area contributed by atoms with E-state index >= 15 is 0 Å². The predicted molar refractivity (Wildman–Crippen MR) is 85.9 cm³/mol. The molecule has 1 aromatic rings. The highest BCUT2D eigenvalue weighted by Gasteiger charge is 2.29. The molecular weight excluding hydrogens is 313 g/mol. The first-order valence-corrected chi connectivity index (χ1v) is 8.17. The monoisotopic (exact) mass is 333 g/mol. The largest absolute Gasteiger partial charge is 0.382 e. The van der Waals surface area contributed by atoms with E-state index in [9.17, 15) is 14.0 Å². The molecule has 2 aliphatic heterocycles. The first-order valence-electron chi connectivity index (χ1n) is 8.17. The van der Waals surface area contributed by atoms with E-state index in [2.05, 4.69) is 10.5 Å². The van der Waals surface area contributed by atoms with E-state index < -0.39 is 6.10 Å². The lowest BCUT2D eigenvalue weighted by Gasteiger charge is -2.15. The SMILES string of the molecule is O=C(NCCC(=O)N1CCCC1)[C@H]1CC(c2ccc(F)cc2)=NO1. The minimum atomic E-state index is -0.702. The van der Waals surface area contributed by atoms with Crippen molar-refractivity contribution in [3.05, 3.63) is 35.6 Å². The summed E-state index contributed by atoms with van der Waals surface area (Å²) in [4.78, 5) is 31.0. The van der Waals surface area contributed by atoms with Crippen LogP contribution in [0.5, 0.6) is 0 Å². The van der Waals surface area contributed by atoms with Crippen LogP contribution in [0, 0.1) is 5.82 Å². The minimum Gasteiger partial charge on any atom is -0.382 e. The number of hydrogen-bond acceptors (Lipinski definition) is 4. The van der Waals surface area contributed by atoms with Crippen molar-refractivity contribution in [2.75, 3.05) is 19.6 Å². The molecule has 2 amide bonds. The Morgan fingerprint density at radius 1 is 1.25 bits per heavy atom. The Morgan fingerprint density at radius 2 is 1.96 bits per heavy atom. The van der Waals surface area contributed by atoms with E-state index in [4.69, 9.17) is 4.84 Å². The van der Waals surface area contributed by atoms with E-state index in [0.29, 0.717) is 25.1 Å². The number of carbonyl (C=O) groups is 2. The average Bonchev–Trinajstić information content (AvgIpc) is 3.27. The molecule has 0 unspecified atom stereocenters. The molecule has 1 aromatic carbocycles. The van der Waals surface area contributed by atoms with Gasteiger partial charge in [0.15, 0.2) is 0 Å². The van der Waals surface area contributed by atoms with Crippen molar-refractivity contribution in [1.29, 1.82) is 0 Å². The lowest BCUT2D eigenvalue weighted by Crippen LogP contribution is -2.37. The molecule has 0 spiro atoms. The van der Waals surface area contributed by atoms with Crippen LogP contribution in [0.1, 0.15) is 31.2 Å². The molecule has 6 nitrogen and oxygen atoms in total. The van der Waals surface area contributed by atoms with Crippen molar-refractivity contribution < 1.29 is 18.8 Å². The van der Waals surface area contributed by atoms with Gasteiger partial charge in [-0.1, -0.05) is 17.3 Å². The molecule has 1 N–H and O–H groups in total. The number of nitrogens with zero attached hydrogens (tertiary/aromatic N) is 2. The maximum absolute atomic E-state index is 12.9. The molecule has 24 heavy (non-hydrogen) atoms. The Balaban J connectivity index is 1.42. The second-order valence-corrected chi connectivity index (χ2v) is 5.97. The normalized spacial score (nSPS) is 19.8. The third-order valence-corrected chi connectivity index (χ3v) is 4.24. The van der Waals surface area contributed by atoms with Gasteiger partial charge in [0.1, 0.15) is 5.82 Å². The Morgan fingerprint density at radius 3 is 2.67 bits per heavy atom. The third kappa shape index (κ3) is 3.90. The summed E-state index contributed by atoms with van der Waals surface area (Å²) in [7, 11) is 0. The second kappa shape index (κ2) is 7.42. The van der Waals surface area contributed by atoms with Crippen LogP contribution in [0.3, 0.4) is 0 Å². The van der Waals surface area contributed by atoms with Gasteiger partial charge in [0.25, 0.3) is 5.91 Å². The zero-order valence-electron chi connectivity index (χ0n) is 13.3. The molecule has 0 saturated carbocycles. The number of rotatable bonds is 5. The fraction of sp³-hybridized carbons (Fsp3) is 0.471. The van der Waals surface area contributed by atoms with Gasteiger partial charge in [0, 0.05) is 32.5 Å². The summed E-state index contributed by atoms with van der Waals surface area (Å²) in [5, 5.41) is 6.62. The predicted octanol–water partition coefficient (Wildman–Crippen LogP) is 1.45. The number of benzene rings is 1. The molecule has 0 bridgehead atoms. The Labute approximate surface area is 139 Å². The molecule has 1 fully saturated rings.